The highest BCUT2D eigenvalue weighted by molar-refractivity contribution is 5.93. The quantitative estimate of drug-likeness (QED) is 0.104. The second-order valence-electron chi connectivity index (χ2n) is 8.11. The second-order valence-corrected chi connectivity index (χ2v) is 8.11. The summed E-state index contributed by atoms with van der Waals surface area (Å²) in [5.74, 6) is 7.59. The lowest BCUT2D eigenvalue weighted by Crippen LogP contribution is -2.26. The Labute approximate surface area is 226 Å². The van der Waals surface area contributed by atoms with Crippen LogP contribution in [0.3, 0.4) is 0 Å². The molecule has 15 nitrogen and oxygen atoms in total. The number of benzene rings is 2. The summed E-state index contributed by atoms with van der Waals surface area (Å²) in [6, 6.07) is 9.87. The highest BCUT2D eigenvalue weighted by Crippen LogP contribution is 2.26. The van der Waals surface area contributed by atoms with E-state index in [0.29, 0.717) is 0 Å². The summed E-state index contributed by atoms with van der Waals surface area (Å²) in [6.45, 7) is 0. The SMILES string of the molecule is COC(=O)c1cc(/C(N)=C/N(N)c2ccc(C(=O)O)c(O)c2)nc(/C(N)=C/N(N)c2ccc(C(=O)O)c(O)c2)c1. The molecule has 0 saturated heterocycles. The minimum Gasteiger partial charge on any atom is -0.507 e. The van der Waals surface area contributed by atoms with E-state index < -0.39 is 29.4 Å². The number of aromatic hydroxyl groups is 2. The van der Waals surface area contributed by atoms with E-state index >= 15 is 0 Å². The molecule has 0 aliphatic heterocycles. The number of hydrazine groups is 2. The van der Waals surface area contributed by atoms with Crippen LogP contribution in [0.1, 0.15) is 42.5 Å². The number of carboxylic acids is 2. The zero-order valence-electron chi connectivity index (χ0n) is 20.8. The van der Waals surface area contributed by atoms with Crippen molar-refractivity contribution in [1.82, 2.24) is 4.98 Å². The molecule has 0 fully saturated rings. The summed E-state index contributed by atoms with van der Waals surface area (Å²) in [5.41, 5.74) is 12.1. The van der Waals surface area contributed by atoms with Crippen molar-refractivity contribution in [2.24, 2.45) is 23.2 Å². The van der Waals surface area contributed by atoms with Gasteiger partial charge in [-0.15, -0.1) is 0 Å². The molecule has 0 aliphatic rings. The highest BCUT2D eigenvalue weighted by Gasteiger charge is 2.16. The Morgan fingerprint density at radius 3 is 1.50 bits per heavy atom. The summed E-state index contributed by atoms with van der Waals surface area (Å²) in [7, 11) is 1.17. The smallest absolute Gasteiger partial charge is 0.339 e. The molecule has 0 radical (unpaired) electrons. The summed E-state index contributed by atoms with van der Waals surface area (Å²) in [6.07, 6.45) is 2.43. The van der Waals surface area contributed by atoms with E-state index in [-0.39, 0.29) is 50.8 Å². The number of nitrogens with two attached hydrogens (primary N) is 4. The summed E-state index contributed by atoms with van der Waals surface area (Å²) >= 11 is 0. The van der Waals surface area contributed by atoms with E-state index in [1.165, 1.54) is 43.8 Å². The highest BCUT2D eigenvalue weighted by atomic mass is 16.5. The Morgan fingerprint density at radius 2 is 1.18 bits per heavy atom. The van der Waals surface area contributed by atoms with Crippen LogP contribution in [0.15, 0.2) is 60.9 Å². The Kier molecular flexibility index (Phi) is 8.43. The molecule has 0 aliphatic carbocycles. The van der Waals surface area contributed by atoms with Crippen LogP contribution in [0.2, 0.25) is 0 Å². The zero-order chi connectivity index (χ0) is 29.7. The molecule has 0 unspecified atom stereocenters. The molecule has 0 amide bonds. The number of nitrogens with zero attached hydrogens (tertiary/aromatic N) is 3. The molecular formula is C25H25N7O8. The fourth-order valence-electron chi connectivity index (χ4n) is 3.37. The number of carbonyl (C=O) groups is 3. The number of pyridine rings is 1. The summed E-state index contributed by atoms with van der Waals surface area (Å²) in [5, 5.41) is 40.0. The standard InChI is InChI=1S/C25H25N7O8/c1-40-25(39)12-6-19(17(26)10-31(28)13-2-4-15(23(35)36)21(33)8-13)30-20(7-12)18(27)11-32(29)14-3-5-16(24(37)38)22(34)9-14/h2-11,33-34H,26-29H2,1H3,(H,35,36)(H,37,38)/b17-10-,18-11-. The molecule has 12 N–H and O–H groups in total. The van der Waals surface area contributed by atoms with Crippen molar-refractivity contribution in [1.29, 1.82) is 0 Å². The molecule has 0 atom stereocenters. The van der Waals surface area contributed by atoms with E-state index in [9.17, 15) is 24.6 Å². The second kappa shape index (κ2) is 11.7. The molecule has 3 rings (SSSR count). The summed E-state index contributed by atoms with van der Waals surface area (Å²) in [4.78, 5) is 38.9. The fourth-order valence-corrected chi connectivity index (χ4v) is 3.37. The zero-order valence-corrected chi connectivity index (χ0v) is 20.8. The number of anilines is 2. The van der Waals surface area contributed by atoms with Gasteiger partial charge in [0.05, 0.1) is 46.8 Å². The van der Waals surface area contributed by atoms with E-state index in [4.69, 9.17) is 38.1 Å². The van der Waals surface area contributed by atoms with Gasteiger partial charge in [0.25, 0.3) is 0 Å². The van der Waals surface area contributed by atoms with Crippen molar-refractivity contribution in [3.63, 3.8) is 0 Å². The number of hydrogen-bond acceptors (Lipinski definition) is 13. The molecule has 0 spiro atoms. The first kappa shape index (κ1) is 28.8. The number of carboxylic acid groups (broad SMARTS) is 2. The van der Waals surface area contributed by atoms with Gasteiger partial charge in [-0.1, -0.05) is 0 Å². The third-order valence-corrected chi connectivity index (χ3v) is 5.41. The topological polar surface area (TPSA) is 265 Å². The van der Waals surface area contributed by atoms with Crippen molar-refractivity contribution in [2.75, 3.05) is 17.1 Å². The lowest BCUT2D eigenvalue weighted by molar-refractivity contribution is 0.0598. The number of carbonyl (C=O) groups excluding carboxylic acids is 1. The van der Waals surface area contributed by atoms with Crippen LogP contribution in [0.4, 0.5) is 11.4 Å². The lowest BCUT2D eigenvalue weighted by atomic mass is 10.1. The van der Waals surface area contributed by atoms with E-state index in [1.54, 1.807) is 0 Å². The molecule has 208 valence electrons. The van der Waals surface area contributed by atoms with Crippen LogP contribution in [0.25, 0.3) is 11.4 Å². The fraction of sp³-hybridized carbons (Fsp3) is 0.0400. The van der Waals surface area contributed by atoms with Crippen LogP contribution in [0.5, 0.6) is 11.5 Å². The Bertz CT molecular complexity index is 1450. The van der Waals surface area contributed by atoms with Crippen molar-refractivity contribution < 1.29 is 39.5 Å². The van der Waals surface area contributed by atoms with Gasteiger partial charge in [0, 0.05) is 24.5 Å². The summed E-state index contributed by atoms with van der Waals surface area (Å²) < 4.78 is 4.78. The van der Waals surface area contributed by atoms with Gasteiger partial charge in [-0.2, -0.15) is 0 Å². The van der Waals surface area contributed by atoms with Crippen molar-refractivity contribution in [3.8, 4) is 11.5 Å². The Morgan fingerprint density at radius 1 is 0.775 bits per heavy atom. The predicted octanol–water partition coefficient (Wildman–Crippen LogP) is 0.951. The van der Waals surface area contributed by atoms with Crippen LogP contribution >= 0.6 is 0 Å². The predicted molar refractivity (Wildman–Crippen MR) is 143 cm³/mol. The molecular weight excluding hydrogens is 526 g/mol. The molecule has 2 aromatic carbocycles. The molecule has 15 heteroatoms. The van der Waals surface area contributed by atoms with Crippen LogP contribution in [-0.2, 0) is 4.74 Å². The third-order valence-electron chi connectivity index (χ3n) is 5.41. The normalized spacial score (nSPS) is 11.6. The first-order valence-electron chi connectivity index (χ1n) is 11.1. The number of ether oxygens (including phenoxy) is 1. The minimum atomic E-state index is -1.32. The third kappa shape index (κ3) is 6.36. The average molecular weight is 552 g/mol. The number of phenols is 2. The first-order chi connectivity index (χ1) is 18.8. The van der Waals surface area contributed by atoms with Crippen molar-refractivity contribution in [2.45, 2.75) is 0 Å². The number of methoxy groups -OCH3 is 1. The van der Waals surface area contributed by atoms with Crippen LogP contribution in [0, 0.1) is 0 Å². The number of hydrogen-bond donors (Lipinski definition) is 8. The number of rotatable bonds is 9. The molecule has 0 bridgehead atoms. The Balaban J connectivity index is 1.98. The Hall–Kier alpha value is -5.80. The van der Waals surface area contributed by atoms with E-state index in [1.807, 2.05) is 0 Å². The maximum absolute atomic E-state index is 12.3. The number of aromatic nitrogens is 1. The van der Waals surface area contributed by atoms with Crippen LogP contribution < -0.4 is 33.2 Å². The molecule has 40 heavy (non-hydrogen) atoms. The molecule has 1 aromatic heterocycles. The minimum absolute atomic E-state index is 0.0225. The molecule has 0 saturated carbocycles. The molecule has 3 aromatic rings. The van der Waals surface area contributed by atoms with E-state index in [2.05, 4.69) is 4.98 Å². The van der Waals surface area contributed by atoms with Gasteiger partial charge in [0.1, 0.15) is 22.6 Å². The van der Waals surface area contributed by atoms with Gasteiger partial charge in [-0.25, -0.2) is 31.1 Å². The van der Waals surface area contributed by atoms with Gasteiger partial charge in [-0.3, -0.25) is 10.0 Å². The average Bonchev–Trinajstić information content (AvgIpc) is 2.91. The maximum Gasteiger partial charge on any atom is 0.339 e. The first-order valence-corrected chi connectivity index (χ1v) is 11.1. The van der Waals surface area contributed by atoms with Gasteiger partial charge < -0.3 is 36.6 Å². The van der Waals surface area contributed by atoms with Gasteiger partial charge in [0.15, 0.2) is 0 Å². The van der Waals surface area contributed by atoms with Gasteiger partial charge >= 0.3 is 17.9 Å². The van der Waals surface area contributed by atoms with Gasteiger partial charge in [-0.05, 0) is 36.4 Å². The number of esters is 1. The largest absolute Gasteiger partial charge is 0.507 e. The number of aromatic carboxylic acids is 2. The van der Waals surface area contributed by atoms with Crippen molar-refractivity contribution >= 4 is 40.7 Å². The monoisotopic (exact) mass is 551 g/mol. The lowest BCUT2D eigenvalue weighted by Gasteiger charge is -2.17. The van der Waals surface area contributed by atoms with E-state index in [0.717, 1.165) is 34.3 Å². The van der Waals surface area contributed by atoms with Crippen molar-refractivity contribution in [3.05, 3.63) is 89.0 Å². The van der Waals surface area contributed by atoms with Crippen LogP contribution in [-0.4, -0.2) is 50.4 Å². The molecule has 1 heterocycles. The van der Waals surface area contributed by atoms with Gasteiger partial charge in [0.2, 0.25) is 0 Å². The maximum atomic E-state index is 12.3.